The summed E-state index contributed by atoms with van der Waals surface area (Å²) in [6.45, 7) is 8.12. The van der Waals surface area contributed by atoms with E-state index in [4.69, 9.17) is 14.7 Å². The van der Waals surface area contributed by atoms with E-state index in [1.807, 2.05) is 13.0 Å². The van der Waals surface area contributed by atoms with Crippen LogP contribution in [0.1, 0.15) is 35.8 Å². The Morgan fingerprint density at radius 2 is 2.06 bits per heavy atom. The summed E-state index contributed by atoms with van der Waals surface area (Å²) in [7, 11) is 0. The molecule has 0 amide bonds. The number of thiophene rings is 1. The van der Waals surface area contributed by atoms with Crippen molar-refractivity contribution in [3.8, 4) is 0 Å². The number of ether oxygens (including phenoxy) is 1. The second-order valence-corrected chi connectivity index (χ2v) is 9.33. The van der Waals surface area contributed by atoms with Gasteiger partial charge in [0.25, 0.3) is 5.69 Å². The van der Waals surface area contributed by atoms with Crippen molar-refractivity contribution in [3.63, 3.8) is 0 Å². The van der Waals surface area contributed by atoms with Crippen molar-refractivity contribution in [1.82, 2.24) is 9.97 Å². The fourth-order valence-electron chi connectivity index (χ4n) is 4.05. The quantitative estimate of drug-likeness (QED) is 0.303. The molecule has 1 aliphatic heterocycles. The zero-order valence-electron chi connectivity index (χ0n) is 19.0. The van der Waals surface area contributed by atoms with Gasteiger partial charge in [-0.15, -0.1) is 11.3 Å². The minimum Gasteiger partial charge on any atom is -0.466 e. The number of nitrogens with one attached hydrogen (secondary N) is 1. The highest BCUT2D eigenvalue weighted by atomic mass is 32.1. The molecule has 0 saturated carbocycles. The molecule has 4 rings (SSSR count). The number of aryl methyl sites for hydroxylation is 2. The van der Waals surface area contributed by atoms with Gasteiger partial charge in [0.15, 0.2) is 0 Å². The van der Waals surface area contributed by atoms with Gasteiger partial charge in [0.05, 0.1) is 22.8 Å². The Hall–Kier alpha value is -3.27. The molecular weight excluding hydrogens is 442 g/mol. The third-order valence-corrected chi connectivity index (χ3v) is 7.10. The molecule has 174 valence electrons. The second kappa shape index (κ2) is 9.70. The number of nitrogens with zero attached hydrogens (tertiary/aromatic N) is 4. The first-order valence-corrected chi connectivity index (χ1v) is 11.9. The SMILES string of the molecule is CCOC(=O)C1CCN(c2nc(NCc3cccc([N+](=O)[O-])c3)c3c(C)c(C)sc3n2)CC1. The number of piperidine rings is 1. The molecule has 0 spiro atoms. The molecule has 33 heavy (non-hydrogen) atoms. The predicted octanol–water partition coefficient (Wildman–Crippen LogP) is 4.61. The molecule has 1 N–H and O–H groups in total. The summed E-state index contributed by atoms with van der Waals surface area (Å²) in [5.74, 6) is 1.14. The van der Waals surface area contributed by atoms with E-state index in [-0.39, 0.29) is 17.6 Å². The second-order valence-electron chi connectivity index (χ2n) is 8.13. The van der Waals surface area contributed by atoms with E-state index in [0.29, 0.717) is 45.0 Å². The molecule has 3 aromatic rings. The summed E-state index contributed by atoms with van der Waals surface area (Å²) in [5.41, 5.74) is 2.00. The molecule has 2 aromatic heterocycles. The van der Waals surface area contributed by atoms with E-state index in [2.05, 4.69) is 24.1 Å². The Labute approximate surface area is 195 Å². The summed E-state index contributed by atoms with van der Waals surface area (Å²) in [6, 6.07) is 6.59. The number of fused-ring (bicyclic) bond motifs is 1. The number of nitro groups is 1. The molecule has 0 unspecified atom stereocenters. The van der Waals surface area contributed by atoms with Crippen LogP contribution < -0.4 is 10.2 Å². The van der Waals surface area contributed by atoms with E-state index < -0.39 is 4.92 Å². The average Bonchev–Trinajstić information content (AvgIpc) is 3.11. The van der Waals surface area contributed by atoms with Gasteiger partial charge in [-0.2, -0.15) is 4.98 Å². The van der Waals surface area contributed by atoms with E-state index in [0.717, 1.165) is 27.2 Å². The van der Waals surface area contributed by atoms with Crippen molar-refractivity contribution < 1.29 is 14.5 Å². The minimum atomic E-state index is -0.392. The van der Waals surface area contributed by atoms with Gasteiger partial charge >= 0.3 is 5.97 Å². The molecule has 0 atom stereocenters. The van der Waals surface area contributed by atoms with Crippen LogP contribution in [-0.2, 0) is 16.1 Å². The van der Waals surface area contributed by atoms with Crippen LogP contribution in [0.25, 0.3) is 10.2 Å². The Morgan fingerprint density at radius 1 is 1.30 bits per heavy atom. The first kappa shape index (κ1) is 22.9. The molecule has 9 nitrogen and oxygen atoms in total. The molecule has 1 aromatic carbocycles. The highest BCUT2D eigenvalue weighted by Gasteiger charge is 2.28. The molecule has 0 bridgehead atoms. The largest absolute Gasteiger partial charge is 0.466 e. The number of esters is 1. The Kier molecular flexibility index (Phi) is 6.73. The molecule has 0 aliphatic carbocycles. The van der Waals surface area contributed by atoms with Gasteiger partial charge in [-0.3, -0.25) is 14.9 Å². The molecule has 10 heteroatoms. The number of anilines is 2. The topological polar surface area (TPSA) is 110 Å². The number of hydrogen-bond acceptors (Lipinski definition) is 9. The van der Waals surface area contributed by atoms with Crippen molar-refractivity contribution in [2.75, 3.05) is 29.9 Å². The van der Waals surface area contributed by atoms with Crippen molar-refractivity contribution >= 4 is 45.0 Å². The van der Waals surface area contributed by atoms with E-state index in [1.54, 1.807) is 23.5 Å². The summed E-state index contributed by atoms with van der Waals surface area (Å²) < 4.78 is 5.17. The molecule has 3 heterocycles. The third kappa shape index (κ3) is 4.90. The van der Waals surface area contributed by atoms with Crippen LogP contribution in [0.3, 0.4) is 0 Å². The van der Waals surface area contributed by atoms with Crippen LogP contribution in [0.5, 0.6) is 0 Å². The highest BCUT2D eigenvalue weighted by Crippen LogP contribution is 2.35. The van der Waals surface area contributed by atoms with Crippen LogP contribution in [0, 0.1) is 29.9 Å². The van der Waals surface area contributed by atoms with Gasteiger partial charge in [-0.05, 0) is 44.7 Å². The first-order valence-electron chi connectivity index (χ1n) is 11.0. The Morgan fingerprint density at radius 3 is 2.76 bits per heavy atom. The van der Waals surface area contributed by atoms with Crippen molar-refractivity contribution in [2.24, 2.45) is 5.92 Å². The fourth-order valence-corrected chi connectivity index (χ4v) is 5.07. The smallest absolute Gasteiger partial charge is 0.309 e. The lowest BCUT2D eigenvalue weighted by atomic mass is 9.97. The number of nitro benzene ring substituents is 1. The minimum absolute atomic E-state index is 0.0647. The van der Waals surface area contributed by atoms with Gasteiger partial charge < -0.3 is 15.0 Å². The standard InChI is InChI=1S/C23H27N5O4S/c1-4-32-22(29)17-8-10-27(11-9-17)23-25-20(19-14(2)15(3)33-21(19)26-23)24-13-16-6-5-7-18(12-16)28(30)31/h5-7,12,17H,4,8-11,13H2,1-3H3,(H,24,25,26). The number of hydrogen-bond donors (Lipinski definition) is 1. The first-order chi connectivity index (χ1) is 15.9. The van der Waals surface area contributed by atoms with E-state index in [1.165, 1.54) is 10.9 Å². The monoisotopic (exact) mass is 469 g/mol. The van der Waals surface area contributed by atoms with Gasteiger partial charge in [0, 0.05) is 36.6 Å². The number of carbonyl (C=O) groups is 1. The van der Waals surface area contributed by atoms with Crippen molar-refractivity contribution in [1.29, 1.82) is 0 Å². The molecule has 0 radical (unpaired) electrons. The average molecular weight is 470 g/mol. The maximum atomic E-state index is 12.1. The van der Waals surface area contributed by atoms with E-state index >= 15 is 0 Å². The van der Waals surface area contributed by atoms with Gasteiger partial charge in [-0.25, -0.2) is 4.98 Å². The Bertz CT molecular complexity index is 1190. The molecule has 1 fully saturated rings. The zero-order valence-corrected chi connectivity index (χ0v) is 19.8. The number of non-ortho nitro benzene ring substituents is 1. The summed E-state index contributed by atoms with van der Waals surface area (Å²) >= 11 is 1.63. The molecular formula is C23H27N5O4S. The third-order valence-electron chi connectivity index (χ3n) is 6.00. The zero-order chi connectivity index (χ0) is 23.5. The van der Waals surface area contributed by atoms with Crippen LogP contribution in [0.4, 0.5) is 17.5 Å². The van der Waals surface area contributed by atoms with Crippen molar-refractivity contribution in [3.05, 3.63) is 50.4 Å². The maximum Gasteiger partial charge on any atom is 0.309 e. The van der Waals surface area contributed by atoms with E-state index in [9.17, 15) is 14.9 Å². The summed E-state index contributed by atoms with van der Waals surface area (Å²) in [4.78, 5) is 36.6. The predicted molar refractivity (Wildman–Crippen MR) is 129 cm³/mol. The van der Waals surface area contributed by atoms with Crippen LogP contribution in [0.2, 0.25) is 0 Å². The van der Waals surface area contributed by atoms with Crippen LogP contribution in [0.15, 0.2) is 24.3 Å². The maximum absolute atomic E-state index is 12.1. The van der Waals surface area contributed by atoms with Crippen molar-refractivity contribution in [2.45, 2.75) is 40.2 Å². The number of benzene rings is 1. The number of aromatic nitrogens is 2. The van der Waals surface area contributed by atoms with Gasteiger partial charge in [0.2, 0.25) is 5.95 Å². The fraction of sp³-hybridized carbons (Fsp3) is 0.435. The highest BCUT2D eigenvalue weighted by molar-refractivity contribution is 7.18. The summed E-state index contributed by atoms with van der Waals surface area (Å²) in [6.07, 6.45) is 1.42. The lowest BCUT2D eigenvalue weighted by Gasteiger charge is -2.31. The molecule has 1 aliphatic rings. The summed E-state index contributed by atoms with van der Waals surface area (Å²) in [5, 5.41) is 15.5. The Balaban J connectivity index is 1.58. The number of rotatable bonds is 7. The normalized spacial score (nSPS) is 14.5. The van der Waals surface area contributed by atoms with Crippen LogP contribution >= 0.6 is 11.3 Å². The van der Waals surface area contributed by atoms with Gasteiger partial charge in [0.1, 0.15) is 10.6 Å². The lowest BCUT2D eigenvalue weighted by Crippen LogP contribution is -2.38. The van der Waals surface area contributed by atoms with Gasteiger partial charge in [-0.1, -0.05) is 12.1 Å². The molecule has 1 saturated heterocycles. The lowest BCUT2D eigenvalue weighted by molar-refractivity contribution is -0.384. The van der Waals surface area contributed by atoms with Crippen LogP contribution in [-0.4, -0.2) is 40.6 Å². The number of carbonyl (C=O) groups excluding carboxylic acids is 1.